The molecule has 0 saturated carbocycles. The topological polar surface area (TPSA) is 78.9 Å². The second-order valence-electron chi connectivity index (χ2n) is 20.2. The van der Waals surface area contributed by atoms with Crippen molar-refractivity contribution < 1.29 is 28.6 Å². The highest BCUT2D eigenvalue weighted by Gasteiger charge is 2.19. The molecule has 410 valence electrons. The van der Waals surface area contributed by atoms with Gasteiger partial charge >= 0.3 is 17.9 Å². The summed E-state index contributed by atoms with van der Waals surface area (Å²) in [6.45, 7) is 6.58. The number of hydrogen-bond donors (Lipinski definition) is 0. The Morgan fingerprint density at radius 3 is 0.887 bits per heavy atom. The number of rotatable bonds is 55. The van der Waals surface area contributed by atoms with Crippen LogP contribution in [-0.2, 0) is 28.6 Å². The summed E-state index contributed by atoms with van der Waals surface area (Å²) in [4.78, 5) is 38.2. The fourth-order valence-electron chi connectivity index (χ4n) is 8.54. The zero-order valence-electron chi connectivity index (χ0n) is 47.0. The van der Waals surface area contributed by atoms with Crippen LogP contribution in [0.5, 0.6) is 0 Å². The van der Waals surface area contributed by atoms with Gasteiger partial charge in [-0.05, 0) is 109 Å². The molecule has 0 aliphatic carbocycles. The molecule has 0 aliphatic rings. The lowest BCUT2D eigenvalue weighted by Gasteiger charge is -2.18. The van der Waals surface area contributed by atoms with Crippen molar-refractivity contribution in [3.05, 3.63) is 72.9 Å². The van der Waals surface area contributed by atoms with Crippen LogP contribution in [0.2, 0.25) is 0 Å². The molecule has 0 N–H and O–H groups in total. The molecule has 0 radical (unpaired) electrons. The summed E-state index contributed by atoms with van der Waals surface area (Å²) >= 11 is 0. The molecule has 0 aromatic heterocycles. The van der Waals surface area contributed by atoms with Gasteiger partial charge in [-0.25, -0.2) is 0 Å². The van der Waals surface area contributed by atoms with E-state index in [2.05, 4.69) is 93.7 Å². The summed E-state index contributed by atoms with van der Waals surface area (Å²) in [5.41, 5.74) is 0. The maximum atomic E-state index is 12.9. The minimum Gasteiger partial charge on any atom is -0.462 e. The van der Waals surface area contributed by atoms with Gasteiger partial charge in [0.25, 0.3) is 0 Å². The van der Waals surface area contributed by atoms with Gasteiger partial charge in [0.05, 0.1) is 0 Å². The van der Waals surface area contributed by atoms with E-state index < -0.39 is 6.10 Å². The van der Waals surface area contributed by atoms with E-state index in [0.29, 0.717) is 19.3 Å². The Morgan fingerprint density at radius 2 is 0.521 bits per heavy atom. The summed E-state index contributed by atoms with van der Waals surface area (Å²) in [5, 5.41) is 0. The van der Waals surface area contributed by atoms with Gasteiger partial charge < -0.3 is 14.2 Å². The van der Waals surface area contributed by atoms with Crippen molar-refractivity contribution in [2.75, 3.05) is 13.2 Å². The van der Waals surface area contributed by atoms with Gasteiger partial charge in [-0.15, -0.1) is 0 Å². The normalized spacial score (nSPS) is 12.5. The molecule has 0 unspecified atom stereocenters. The van der Waals surface area contributed by atoms with Gasteiger partial charge in [0.1, 0.15) is 13.2 Å². The third-order valence-electron chi connectivity index (χ3n) is 13.2. The van der Waals surface area contributed by atoms with Crippen LogP contribution in [-0.4, -0.2) is 37.2 Å². The largest absolute Gasteiger partial charge is 0.462 e. The number of hydrogen-bond acceptors (Lipinski definition) is 6. The highest BCUT2D eigenvalue weighted by molar-refractivity contribution is 5.71. The smallest absolute Gasteiger partial charge is 0.306 e. The number of allylic oxidation sites excluding steroid dienone is 12. The van der Waals surface area contributed by atoms with Crippen LogP contribution in [0.1, 0.15) is 303 Å². The van der Waals surface area contributed by atoms with E-state index in [0.717, 1.165) is 64.2 Å². The van der Waals surface area contributed by atoms with Gasteiger partial charge in [-0.1, -0.05) is 248 Å². The Labute approximate surface area is 440 Å². The first-order chi connectivity index (χ1) is 35.0. The van der Waals surface area contributed by atoms with E-state index >= 15 is 0 Å². The van der Waals surface area contributed by atoms with Gasteiger partial charge in [0.15, 0.2) is 6.10 Å². The first kappa shape index (κ1) is 67.8. The quantitative estimate of drug-likeness (QED) is 0.0261. The van der Waals surface area contributed by atoms with Crippen LogP contribution in [0.4, 0.5) is 0 Å². The molecule has 0 aromatic rings. The van der Waals surface area contributed by atoms with Crippen LogP contribution in [0.3, 0.4) is 0 Å². The lowest BCUT2D eigenvalue weighted by molar-refractivity contribution is -0.167. The van der Waals surface area contributed by atoms with Crippen LogP contribution >= 0.6 is 0 Å². The van der Waals surface area contributed by atoms with Crippen molar-refractivity contribution in [3.8, 4) is 0 Å². The van der Waals surface area contributed by atoms with Gasteiger partial charge in [0.2, 0.25) is 0 Å². The third-order valence-corrected chi connectivity index (χ3v) is 13.2. The highest BCUT2D eigenvalue weighted by atomic mass is 16.6. The molecule has 0 rings (SSSR count). The Kier molecular flexibility index (Phi) is 56.8. The number of esters is 3. The molecular weight excluding hydrogens is 877 g/mol. The second kappa shape index (κ2) is 59.4. The number of carbonyl (C=O) groups excluding carboxylic acids is 3. The summed E-state index contributed by atoms with van der Waals surface area (Å²) < 4.78 is 16.9. The highest BCUT2D eigenvalue weighted by Crippen LogP contribution is 2.15. The SMILES string of the molecule is CCCCC/C=C\C/C=C\C/C=C\C/C=C\CCCC(=O)OC[C@H](COC(=O)CCCCCCCCC/C=C\CCCCCCCC)OC(=O)CCCCCCCCCCC/C=C\CCCCCCCC. The molecule has 0 spiro atoms. The van der Waals surface area contributed by atoms with E-state index in [9.17, 15) is 14.4 Å². The predicted molar refractivity (Wildman–Crippen MR) is 307 cm³/mol. The Balaban J connectivity index is 4.45. The molecule has 0 aromatic carbocycles. The molecule has 71 heavy (non-hydrogen) atoms. The van der Waals surface area contributed by atoms with Gasteiger partial charge in [-0.3, -0.25) is 14.4 Å². The van der Waals surface area contributed by atoms with E-state index in [-0.39, 0.29) is 37.5 Å². The fraction of sp³-hybridized carbons (Fsp3) is 0.769. The van der Waals surface area contributed by atoms with Crippen molar-refractivity contribution in [1.82, 2.24) is 0 Å². The standard InChI is InChI=1S/C65H114O6/c1-4-7-10-13-16-19-22-25-28-31-32-35-38-41-44-47-50-53-56-59-65(68)71-62(60-69-63(66)57-54-51-48-45-42-39-36-33-29-26-23-20-17-14-11-8-5-2)61-70-64(67)58-55-52-49-46-43-40-37-34-30-27-24-21-18-15-12-9-6-3/h17,20,25-30,36,39,45,48,62H,4-16,18-19,21-24,31-35,37-38,40-44,46-47,49-61H2,1-3H3/b20-17-,28-25-,29-26-,30-27-,39-36-,48-45-/t62-/m1/s1. The summed E-state index contributed by atoms with van der Waals surface area (Å²) in [6, 6.07) is 0. The first-order valence-corrected chi connectivity index (χ1v) is 30.4. The molecule has 0 bridgehead atoms. The van der Waals surface area contributed by atoms with Gasteiger partial charge in [-0.2, -0.15) is 0 Å². The van der Waals surface area contributed by atoms with Crippen molar-refractivity contribution in [1.29, 1.82) is 0 Å². The molecule has 6 nitrogen and oxygen atoms in total. The molecule has 0 aliphatic heterocycles. The maximum absolute atomic E-state index is 12.9. The summed E-state index contributed by atoms with van der Waals surface area (Å²) in [7, 11) is 0. The molecular formula is C65H114O6. The molecule has 6 heteroatoms. The van der Waals surface area contributed by atoms with E-state index in [1.165, 1.54) is 193 Å². The average molecular weight is 992 g/mol. The van der Waals surface area contributed by atoms with Crippen LogP contribution in [0, 0.1) is 0 Å². The Morgan fingerprint density at radius 1 is 0.282 bits per heavy atom. The molecule has 0 fully saturated rings. The minimum atomic E-state index is -0.801. The number of ether oxygens (including phenoxy) is 3. The van der Waals surface area contributed by atoms with E-state index in [4.69, 9.17) is 14.2 Å². The van der Waals surface area contributed by atoms with Crippen LogP contribution < -0.4 is 0 Å². The van der Waals surface area contributed by atoms with Crippen molar-refractivity contribution in [2.24, 2.45) is 0 Å². The predicted octanol–water partition coefficient (Wildman–Crippen LogP) is 20.5. The summed E-state index contributed by atoms with van der Waals surface area (Å²) in [6.07, 6.45) is 76.1. The van der Waals surface area contributed by atoms with Crippen LogP contribution in [0.15, 0.2) is 72.9 Å². The Bertz CT molecular complexity index is 1320. The van der Waals surface area contributed by atoms with E-state index in [1.807, 2.05) is 0 Å². The van der Waals surface area contributed by atoms with Crippen LogP contribution in [0.25, 0.3) is 0 Å². The lowest BCUT2D eigenvalue weighted by atomic mass is 10.1. The van der Waals surface area contributed by atoms with Gasteiger partial charge in [0, 0.05) is 19.3 Å². The summed E-state index contributed by atoms with van der Waals surface area (Å²) in [5.74, 6) is -0.948. The maximum Gasteiger partial charge on any atom is 0.306 e. The average Bonchev–Trinajstić information content (AvgIpc) is 3.37. The molecule has 0 heterocycles. The van der Waals surface area contributed by atoms with Crippen molar-refractivity contribution in [2.45, 2.75) is 309 Å². The van der Waals surface area contributed by atoms with Crippen molar-refractivity contribution in [3.63, 3.8) is 0 Å². The van der Waals surface area contributed by atoms with Crippen molar-refractivity contribution >= 4 is 17.9 Å². The second-order valence-corrected chi connectivity index (χ2v) is 20.2. The zero-order chi connectivity index (χ0) is 51.4. The number of carbonyl (C=O) groups is 3. The lowest BCUT2D eigenvalue weighted by Crippen LogP contribution is -2.30. The Hall–Kier alpha value is -3.15. The fourth-order valence-corrected chi connectivity index (χ4v) is 8.54. The monoisotopic (exact) mass is 991 g/mol. The number of unbranched alkanes of at least 4 members (excludes halogenated alkanes) is 32. The van der Waals surface area contributed by atoms with E-state index in [1.54, 1.807) is 0 Å². The molecule has 0 amide bonds. The first-order valence-electron chi connectivity index (χ1n) is 30.4. The minimum absolute atomic E-state index is 0.0943. The zero-order valence-corrected chi connectivity index (χ0v) is 47.0. The third kappa shape index (κ3) is 57.6. The molecule has 1 atom stereocenters. The molecule has 0 saturated heterocycles.